The number of anilines is 1. The van der Waals surface area contributed by atoms with Crippen molar-refractivity contribution < 1.29 is 27.5 Å². The Kier molecular flexibility index (Phi) is 5.05. The smallest absolute Gasteiger partial charge is 0.416 e. The molecule has 4 nitrogen and oxygen atoms in total. The Balaban J connectivity index is 1.91. The van der Waals surface area contributed by atoms with Gasteiger partial charge in [0.1, 0.15) is 4.88 Å². The highest BCUT2D eigenvalue weighted by Crippen LogP contribution is 2.30. The fraction of sp³-hybridized carbons (Fsp3) is 0.200. The van der Waals surface area contributed by atoms with E-state index in [4.69, 9.17) is 4.74 Å². The molecule has 8 heteroatoms. The van der Waals surface area contributed by atoms with E-state index in [-0.39, 0.29) is 5.69 Å². The number of thiophene rings is 1. The van der Waals surface area contributed by atoms with Gasteiger partial charge in [0.05, 0.1) is 5.56 Å². The average Bonchev–Trinajstić information content (AvgIpc) is 2.91. The summed E-state index contributed by atoms with van der Waals surface area (Å²) in [7, 11) is 0. The van der Waals surface area contributed by atoms with E-state index < -0.39 is 30.2 Å². The minimum atomic E-state index is -4.50. The van der Waals surface area contributed by atoms with Crippen LogP contribution in [0, 0.1) is 6.92 Å². The van der Waals surface area contributed by atoms with E-state index in [1.165, 1.54) is 23.5 Å². The summed E-state index contributed by atoms with van der Waals surface area (Å²) in [5.41, 5.74) is -0.894. The first-order chi connectivity index (χ1) is 10.8. The lowest BCUT2D eigenvalue weighted by Gasteiger charge is -2.10. The number of ether oxygens (including phenoxy) is 1. The zero-order chi connectivity index (χ0) is 17.0. The highest BCUT2D eigenvalue weighted by atomic mass is 32.1. The van der Waals surface area contributed by atoms with Crippen molar-refractivity contribution >= 4 is 28.9 Å². The molecule has 0 fully saturated rings. The monoisotopic (exact) mass is 343 g/mol. The predicted molar refractivity (Wildman–Crippen MR) is 79.4 cm³/mol. The van der Waals surface area contributed by atoms with Gasteiger partial charge in [0, 0.05) is 10.6 Å². The number of rotatable bonds is 4. The van der Waals surface area contributed by atoms with Crippen molar-refractivity contribution in [2.24, 2.45) is 0 Å². The first-order valence-electron chi connectivity index (χ1n) is 6.46. The molecule has 122 valence electrons. The number of nitrogens with one attached hydrogen (secondary N) is 1. The Morgan fingerprint density at radius 1 is 1.22 bits per heavy atom. The minimum absolute atomic E-state index is 0.0205. The lowest BCUT2D eigenvalue weighted by atomic mass is 10.2. The molecule has 0 aliphatic rings. The highest BCUT2D eigenvalue weighted by Gasteiger charge is 2.30. The van der Waals surface area contributed by atoms with Gasteiger partial charge in [-0.05, 0) is 37.3 Å². The molecule has 0 saturated carbocycles. The molecule has 0 unspecified atom stereocenters. The normalized spacial score (nSPS) is 11.1. The number of carbonyl (C=O) groups excluding carboxylic acids is 2. The van der Waals surface area contributed by atoms with Crippen LogP contribution in [0.5, 0.6) is 0 Å². The Morgan fingerprint density at radius 3 is 2.57 bits per heavy atom. The number of halogens is 3. The van der Waals surface area contributed by atoms with Gasteiger partial charge in [0.15, 0.2) is 6.61 Å². The van der Waals surface area contributed by atoms with Gasteiger partial charge in [0.25, 0.3) is 5.91 Å². The Morgan fingerprint density at radius 2 is 1.96 bits per heavy atom. The second-order valence-corrected chi connectivity index (χ2v) is 5.90. The van der Waals surface area contributed by atoms with Crippen LogP contribution < -0.4 is 5.32 Å². The van der Waals surface area contributed by atoms with E-state index in [9.17, 15) is 22.8 Å². The fourth-order valence-corrected chi connectivity index (χ4v) is 2.48. The number of alkyl halides is 3. The molecule has 0 saturated heterocycles. The Hall–Kier alpha value is -2.35. The zero-order valence-electron chi connectivity index (χ0n) is 11.9. The summed E-state index contributed by atoms with van der Waals surface area (Å²) < 4.78 is 42.5. The summed E-state index contributed by atoms with van der Waals surface area (Å²) >= 11 is 1.22. The first kappa shape index (κ1) is 17.0. The second-order valence-electron chi connectivity index (χ2n) is 4.61. The number of esters is 1. The van der Waals surface area contributed by atoms with E-state index in [2.05, 4.69) is 5.32 Å². The number of benzene rings is 1. The van der Waals surface area contributed by atoms with Crippen LogP contribution in [0.25, 0.3) is 0 Å². The van der Waals surface area contributed by atoms with Gasteiger partial charge >= 0.3 is 12.1 Å². The van der Waals surface area contributed by atoms with Gasteiger partial charge in [-0.3, -0.25) is 4.79 Å². The van der Waals surface area contributed by atoms with Gasteiger partial charge in [-0.25, -0.2) is 4.79 Å². The predicted octanol–water partition coefficient (Wildman–Crippen LogP) is 3.87. The topological polar surface area (TPSA) is 55.4 Å². The molecule has 0 aliphatic heterocycles. The molecule has 23 heavy (non-hydrogen) atoms. The molecule has 0 atom stereocenters. The maximum Gasteiger partial charge on any atom is 0.416 e. The number of carbonyl (C=O) groups is 2. The Labute approximate surface area is 133 Å². The van der Waals surface area contributed by atoms with Crippen molar-refractivity contribution in [3.8, 4) is 0 Å². The fourth-order valence-electron chi connectivity index (χ4n) is 1.72. The van der Waals surface area contributed by atoms with Gasteiger partial charge < -0.3 is 10.1 Å². The van der Waals surface area contributed by atoms with Gasteiger partial charge in [-0.15, -0.1) is 11.3 Å². The van der Waals surface area contributed by atoms with Crippen LogP contribution in [0.2, 0.25) is 0 Å². The molecule has 1 aromatic carbocycles. The zero-order valence-corrected chi connectivity index (χ0v) is 12.8. The van der Waals surface area contributed by atoms with Crippen LogP contribution in [-0.2, 0) is 15.7 Å². The van der Waals surface area contributed by atoms with E-state index in [1.807, 2.05) is 6.92 Å². The lowest BCUT2D eigenvalue weighted by molar-refractivity contribution is -0.137. The van der Waals surface area contributed by atoms with E-state index >= 15 is 0 Å². The van der Waals surface area contributed by atoms with Crippen molar-refractivity contribution in [1.29, 1.82) is 0 Å². The molecule has 2 rings (SSSR count). The maximum atomic E-state index is 12.6. The van der Waals surface area contributed by atoms with Gasteiger partial charge in [-0.1, -0.05) is 6.07 Å². The molecule has 0 spiro atoms. The third kappa shape index (κ3) is 4.82. The summed E-state index contributed by atoms with van der Waals surface area (Å²) in [4.78, 5) is 24.6. The van der Waals surface area contributed by atoms with Crippen LogP contribution in [-0.4, -0.2) is 18.5 Å². The third-order valence-corrected chi connectivity index (χ3v) is 3.73. The SMILES string of the molecule is Cc1ccc(C(=O)OCC(=O)Nc2cccc(C(F)(F)F)c2)s1. The van der Waals surface area contributed by atoms with Crippen molar-refractivity contribution in [1.82, 2.24) is 0 Å². The quantitative estimate of drug-likeness (QED) is 0.858. The third-order valence-electron chi connectivity index (χ3n) is 2.75. The van der Waals surface area contributed by atoms with E-state index in [1.54, 1.807) is 12.1 Å². The van der Waals surface area contributed by atoms with Crippen LogP contribution >= 0.6 is 11.3 Å². The number of amides is 1. The minimum Gasteiger partial charge on any atom is -0.451 e. The largest absolute Gasteiger partial charge is 0.451 e. The van der Waals surface area contributed by atoms with Gasteiger partial charge in [0.2, 0.25) is 0 Å². The van der Waals surface area contributed by atoms with Crippen molar-refractivity contribution in [2.45, 2.75) is 13.1 Å². The molecule has 0 bridgehead atoms. The molecule has 1 aromatic heterocycles. The summed E-state index contributed by atoms with van der Waals surface area (Å²) in [6.07, 6.45) is -4.50. The molecular formula is C15H12F3NO3S. The molecule has 0 radical (unpaired) electrons. The van der Waals surface area contributed by atoms with Crippen molar-refractivity contribution in [3.63, 3.8) is 0 Å². The van der Waals surface area contributed by atoms with Crippen molar-refractivity contribution in [2.75, 3.05) is 11.9 Å². The number of hydrogen-bond donors (Lipinski definition) is 1. The van der Waals surface area contributed by atoms with Crippen LogP contribution in [0.4, 0.5) is 18.9 Å². The standard InChI is InChI=1S/C15H12F3NO3S/c1-9-5-6-12(23-9)14(21)22-8-13(20)19-11-4-2-3-10(7-11)15(16,17)18/h2-7H,8H2,1H3,(H,19,20). The molecule has 0 aliphatic carbocycles. The van der Waals surface area contributed by atoms with E-state index in [0.29, 0.717) is 4.88 Å². The molecule has 1 heterocycles. The summed E-state index contributed by atoms with van der Waals surface area (Å²) in [6, 6.07) is 7.52. The van der Waals surface area contributed by atoms with Crippen LogP contribution in [0.1, 0.15) is 20.1 Å². The summed E-state index contributed by atoms with van der Waals surface area (Å²) in [6.45, 7) is 1.24. The maximum absolute atomic E-state index is 12.6. The highest BCUT2D eigenvalue weighted by molar-refractivity contribution is 7.13. The lowest BCUT2D eigenvalue weighted by Crippen LogP contribution is -2.20. The summed E-state index contributed by atoms with van der Waals surface area (Å²) in [5, 5.41) is 2.25. The molecular weight excluding hydrogens is 331 g/mol. The number of hydrogen-bond acceptors (Lipinski definition) is 4. The summed E-state index contributed by atoms with van der Waals surface area (Å²) in [5.74, 6) is -1.37. The van der Waals surface area contributed by atoms with Crippen LogP contribution in [0.15, 0.2) is 36.4 Å². The van der Waals surface area contributed by atoms with Crippen LogP contribution in [0.3, 0.4) is 0 Å². The molecule has 1 N–H and O–H groups in total. The van der Waals surface area contributed by atoms with E-state index in [0.717, 1.165) is 17.0 Å². The van der Waals surface area contributed by atoms with Gasteiger partial charge in [-0.2, -0.15) is 13.2 Å². The first-order valence-corrected chi connectivity index (χ1v) is 7.28. The number of aryl methyl sites for hydroxylation is 1. The average molecular weight is 343 g/mol. The second kappa shape index (κ2) is 6.82. The molecule has 1 amide bonds. The Bertz CT molecular complexity index is 725. The molecule has 2 aromatic rings. The van der Waals surface area contributed by atoms with Crippen molar-refractivity contribution in [3.05, 3.63) is 51.7 Å².